The standard InChI is InChI=1S/C31H52N2/c1-4-5-6-7-8-9-10-11-12-13-14-15-16-20-23-31(33-25-24-32-27-33)30(28(2)3)26-29-21-18-17-19-22-29/h17-19,21-22,24-25,27-28,30-31H,4-16,20,23,26H2,1-3H3/p+1. The Morgan fingerprint density at radius 1 is 0.727 bits per heavy atom. The Labute approximate surface area is 205 Å². The van der Waals surface area contributed by atoms with Gasteiger partial charge in [0, 0.05) is 5.92 Å². The molecular weight excluding hydrogens is 400 g/mol. The van der Waals surface area contributed by atoms with Gasteiger partial charge in [-0.05, 0) is 30.7 Å². The van der Waals surface area contributed by atoms with Crippen molar-refractivity contribution >= 4 is 0 Å². The molecule has 2 nitrogen and oxygen atoms in total. The van der Waals surface area contributed by atoms with Gasteiger partial charge in [0.05, 0.1) is 0 Å². The van der Waals surface area contributed by atoms with Crippen LogP contribution in [-0.2, 0) is 6.42 Å². The second kappa shape index (κ2) is 17.8. The van der Waals surface area contributed by atoms with Gasteiger partial charge in [0.2, 0.25) is 6.33 Å². The number of rotatable bonds is 20. The van der Waals surface area contributed by atoms with Crippen molar-refractivity contribution in [3.05, 3.63) is 54.6 Å². The molecule has 1 aromatic heterocycles. The number of hydrogen-bond donors (Lipinski definition) is 1. The molecule has 0 aliphatic heterocycles. The zero-order valence-corrected chi connectivity index (χ0v) is 22.1. The average Bonchev–Trinajstić information content (AvgIpc) is 3.36. The van der Waals surface area contributed by atoms with Crippen LogP contribution in [0.4, 0.5) is 0 Å². The van der Waals surface area contributed by atoms with E-state index >= 15 is 0 Å². The molecule has 0 saturated carbocycles. The van der Waals surface area contributed by atoms with Gasteiger partial charge in [0.25, 0.3) is 0 Å². The van der Waals surface area contributed by atoms with E-state index in [9.17, 15) is 0 Å². The third-order valence-corrected chi connectivity index (χ3v) is 7.47. The maximum atomic E-state index is 3.28. The van der Waals surface area contributed by atoms with Crippen LogP contribution < -0.4 is 4.57 Å². The average molecular weight is 454 g/mol. The first-order chi connectivity index (χ1) is 16.2. The third kappa shape index (κ3) is 11.9. The van der Waals surface area contributed by atoms with Crippen LogP contribution in [0.5, 0.6) is 0 Å². The number of aromatic amines is 1. The molecule has 0 aliphatic rings. The lowest BCUT2D eigenvalue weighted by atomic mass is 9.81. The van der Waals surface area contributed by atoms with E-state index in [0.717, 1.165) is 0 Å². The Morgan fingerprint density at radius 3 is 1.76 bits per heavy atom. The molecule has 0 radical (unpaired) electrons. The number of nitrogens with zero attached hydrogens (tertiary/aromatic N) is 1. The van der Waals surface area contributed by atoms with Crippen molar-refractivity contribution in [2.45, 2.75) is 130 Å². The van der Waals surface area contributed by atoms with E-state index in [1.54, 1.807) is 0 Å². The predicted molar refractivity (Wildman–Crippen MR) is 143 cm³/mol. The predicted octanol–water partition coefficient (Wildman–Crippen LogP) is 9.23. The van der Waals surface area contributed by atoms with Crippen molar-refractivity contribution < 1.29 is 4.57 Å². The van der Waals surface area contributed by atoms with Crippen LogP contribution in [0, 0.1) is 11.8 Å². The molecule has 2 unspecified atom stereocenters. The summed E-state index contributed by atoms with van der Waals surface area (Å²) in [5.74, 6) is 1.33. The first kappa shape index (κ1) is 27.7. The lowest BCUT2D eigenvalue weighted by molar-refractivity contribution is -0.731. The van der Waals surface area contributed by atoms with Gasteiger partial charge in [0.15, 0.2) is 0 Å². The first-order valence-electron chi connectivity index (χ1n) is 14.3. The minimum Gasteiger partial charge on any atom is -0.250 e. The minimum atomic E-state index is 0.578. The highest BCUT2D eigenvalue weighted by atomic mass is 15.1. The molecule has 0 bridgehead atoms. The Balaban J connectivity index is 1.64. The van der Waals surface area contributed by atoms with Crippen molar-refractivity contribution in [1.29, 1.82) is 0 Å². The van der Waals surface area contributed by atoms with Crippen LogP contribution in [0.15, 0.2) is 49.1 Å². The number of H-pyrrole nitrogens is 1. The summed E-state index contributed by atoms with van der Waals surface area (Å²) in [5.41, 5.74) is 1.47. The zero-order valence-electron chi connectivity index (χ0n) is 22.1. The maximum absolute atomic E-state index is 3.28. The summed E-state index contributed by atoms with van der Waals surface area (Å²) in [6.45, 7) is 7.10. The van der Waals surface area contributed by atoms with Crippen LogP contribution >= 0.6 is 0 Å². The van der Waals surface area contributed by atoms with Gasteiger partial charge in [0.1, 0.15) is 18.4 Å². The first-order valence-corrected chi connectivity index (χ1v) is 14.3. The lowest BCUT2D eigenvalue weighted by Gasteiger charge is -2.28. The summed E-state index contributed by atoms with van der Waals surface area (Å²) in [6.07, 6.45) is 28.9. The van der Waals surface area contributed by atoms with Gasteiger partial charge < -0.3 is 0 Å². The van der Waals surface area contributed by atoms with E-state index in [1.165, 1.54) is 108 Å². The molecule has 2 heteroatoms. The van der Waals surface area contributed by atoms with Crippen LogP contribution in [0.2, 0.25) is 0 Å². The van der Waals surface area contributed by atoms with E-state index in [-0.39, 0.29) is 0 Å². The second-order valence-electron chi connectivity index (χ2n) is 10.6. The molecule has 33 heavy (non-hydrogen) atoms. The number of aromatic nitrogens is 2. The monoisotopic (exact) mass is 453 g/mol. The van der Waals surface area contributed by atoms with Crippen molar-refractivity contribution in [2.24, 2.45) is 11.8 Å². The highest BCUT2D eigenvalue weighted by Crippen LogP contribution is 2.30. The topological polar surface area (TPSA) is 19.7 Å². The van der Waals surface area contributed by atoms with Gasteiger partial charge in [-0.2, -0.15) is 0 Å². The second-order valence-corrected chi connectivity index (χ2v) is 10.6. The summed E-state index contributed by atoms with van der Waals surface area (Å²) in [4.78, 5) is 3.28. The van der Waals surface area contributed by atoms with Crippen molar-refractivity contribution in [1.82, 2.24) is 4.98 Å². The Bertz CT molecular complexity index is 661. The molecule has 1 N–H and O–H groups in total. The molecule has 0 spiro atoms. The van der Waals surface area contributed by atoms with Gasteiger partial charge in [-0.1, -0.05) is 135 Å². The van der Waals surface area contributed by atoms with Crippen molar-refractivity contribution in [3.8, 4) is 0 Å². The molecule has 2 rings (SSSR count). The van der Waals surface area contributed by atoms with Gasteiger partial charge in [-0.25, -0.2) is 4.57 Å². The largest absolute Gasteiger partial charge is 0.250 e. The van der Waals surface area contributed by atoms with Crippen molar-refractivity contribution in [2.75, 3.05) is 0 Å². The van der Waals surface area contributed by atoms with Crippen LogP contribution in [0.1, 0.15) is 129 Å². The molecule has 0 saturated heterocycles. The molecule has 1 aromatic carbocycles. The summed E-state index contributed by atoms with van der Waals surface area (Å²) >= 11 is 0. The Kier molecular flexibility index (Phi) is 15.0. The maximum Gasteiger partial charge on any atom is 0.241 e. The normalized spacial score (nSPS) is 13.5. The highest BCUT2D eigenvalue weighted by molar-refractivity contribution is 5.15. The van der Waals surface area contributed by atoms with E-state index in [2.05, 4.69) is 79.4 Å². The number of nitrogens with one attached hydrogen (secondary N) is 1. The van der Waals surface area contributed by atoms with Gasteiger partial charge >= 0.3 is 0 Å². The number of hydrogen-bond acceptors (Lipinski definition) is 0. The molecule has 2 atom stereocenters. The SMILES string of the molecule is CCCCCCCCCCCCCCCCC(C(Cc1ccccc1)C(C)C)[n+]1cc[nH]c1. The molecule has 0 aliphatic carbocycles. The van der Waals surface area contributed by atoms with Crippen LogP contribution in [-0.4, -0.2) is 4.98 Å². The zero-order chi connectivity index (χ0) is 23.6. The summed E-state index contributed by atoms with van der Waals surface area (Å²) in [7, 11) is 0. The van der Waals surface area contributed by atoms with Crippen LogP contribution in [0.25, 0.3) is 0 Å². The molecule has 0 fully saturated rings. The summed E-state index contributed by atoms with van der Waals surface area (Å²) < 4.78 is 2.44. The van der Waals surface area contributed by atoms with Crippen LogP contribution in [0.3, 0.4) is 0 Å². The molecule has 2 aromatic rings. The Morgan fingerprint density at radius 2 is 1.27 bits per heavy atom. The van der Waals surface area contributed by atoms with E-state index < -0.39 is 0 Å². The molecule has 1 heterocycles. The lowest BCUT2D eigenvalue weighted by Crippen LogP contribution is -2.44. The number of benzene rings is 1. The summed E-state index contributed by atoms with van der Waals surface area (Å²) in [5, 5.41) is 0. The molecule has 186 valence electrons. The number of unbranched alkanes of at least 4 members (excludes halogenated alkanes) is 13. The molecular formula is C31H53N2+. The van der Waals surface area contributed by atoms with E-state index in [0.29, 0.717) is 17.9 Å². The number of imidazole rings is 1. The Hall–Kier alpha value is -1.57. The fraction of sp³-hybridized carbons (Fsp3) is 0.710. The highest BCUT2D eigenvalue weighted by Gasteiger charge is 2.29. The fourth-order valence-electron chi connectivity index (χ4n) is 5.34. The van der Waals surface area contributed by atoms with Gasteiger partial charge in [-0.15, -0.1) is 0 Å². The summed E-state index contributed by atoms with van der Waals surface area (Å²) in [6, 6.07) is 11.6. The fourth-order valence-corrected chi connectivity index (χ4v) is 5.34. The van der Waals surface area contributed by atoms with E-state index in [4.69, 9.17) is 0 Å². The van der Waals surface area contributed by atoms with Crippen molar-refractivity contribution in [3.63, 3.8) is 0 Å². The third-order valence-electron chi connectivity index (χ3n) is 7.47. The smallest absolute Gasteiger partial charge is 0.241 e. The minimum absolute atomic E-state index is 0.578. The molecule has 0 amide bonds. The van der Waals surface area contributed by atoms with E-state index in [1.807, 2.05) is 0 Å². The quantitative estimate of drug-likeness (QED) is 0.152. The van der Waals surface area contributed by atoms with Gasteiger partial charge in [-0.3, -0.25) is 4.98 Å².